The number of aromatic nitrogens is 1. The molecule has 1 rings (SSSR count). The molecule has 1 unspecified atom stereocenters. The standard InChI is InChI=1S/C16H29N3O2/c1-5-7-17-11-15-12-18-8-6-16(15)19(9-10-20-3)14(2)13-21-4/h6,8,12,14,17H,5,7,9-11,13H2,1-4H3. The number of hydrogen-bond acceptors (Lipinski definition) is 5. The Hall–Kier alpha value is -1.17. The van der Waals surface area contributed by atoms with Crippen LogP contribution in [-0.4, -0.2) is 51.5 Å². The summed E-state index contributed by atoms with van der Waals surface area (Å²) in [5.74, 6) is 0. The molecule has 1 atom stereocenters. The summed E-state index contributed by atoms with van der Waals surface area (Å²) in [6, 6.07) is 2.36. The van der Waals surface area contributed by atoms with E-state index >= 15 is 0 Å². The summed E-state index contributed by atoms with van der Waals surface area (Å²) >= 11 is 0. The second kappa shape index (κ2) is 10.5. The van der Waals surface area contributed by atoms with E-state index in [0.29, 0.717) is 13.2 Å². The molecule has 0 aliphatic heterocycles. The maximum Gasteiger partial charge on any atom is 0.0663 e. The first-order chi connectivity index (χ1) is 10.2. The van der Waals surface area contributed by atoms with Gasteiger partial charge in [-0.05, 0) is 26.0 Å². The molecule has 0 spiro atoms. The monoisotopic (exact) mass is 295 g/mol. The quantitative estimate of drug-likeness (QED) is 0.633. The molecule has 0 aliphatic rings. The Morgan fingerprint density at radius 3 is 2.81 bits per heavy atom. The predicted octanol–water partition coefficient (Wildman–Crippen LogP) is 2.07. The van der Waals surface area contributed by atoms with E-state index in [2.05, 4.69) is 35.1 Å². The second-order valence-electron chi connectivity index (χ2n) is 5.17. The number of nitrogens with one attached hydrogen (secondary N) is 1. The van der Waals surface area contributed by atoms with E-state index < -0.39 is 0 Å². The third-order valence-corrected chi connectivity index (χ3v) is 3.41. The number of nitrogens with zero attached hydrogens (tertiary/aromatic N) is 2. The van der Waals surface area contributed by atoms with Crippen LogP contribution in [0.25, 0.3) is 0 Å². The fourth-order valence-corrected chi connectivity index (χ4v) is 2.34. The highest BCUT2D eigenvalue weighted by Gasteiger charge is 2.17. The maximum absolute atomic E-state index is 5.31. The summed E-state index contributed by atoms with van der Waals surface area (Å²) in [5.41, 5.74) is 2.42. The zero-order valence-corrected chi connectivity index (χ0v) is 13.8. The first-order valence-electron chi connectivity index (χ1n) is 7.62. The van der Waals surface area contributed by atoms with Crippen molar-refractivity contribution in [3.63, 3.8) is 0 Å². The van der Waals surface area contributed by atoms with Gasteiger partial charge in [0.2, 0.25) is 0 Å². The van der Waals surface area contributed by atoms with Crippen LogP contribution in [0.5, 0.6) is 0 Å². The van der Waals surface area contributed by atoms with Crippen molar-refractivity contribution in [1.82, 2.24) is 10.3 Å². The smallest absolute Gasteiger partial charge is 0.0663 e. The first-order valence-corrected chi connectivity index (χ1v) is 7.62. The molecule has 0 aliphatic carbocycles. The lowest BCUT2D eigenvalue weighted by atomic mass is 10.1. The van der Waals surface area contributed by atoms with E-state index in [9.17, 15) is 0 Å². The summed E-state index contributed by atoms with van der Waals surface area (Å²) in [4.78, 5) is 6.59. The minimum Gasteiger partial charge on any atom is -0.383 e. The molecule has 21 heavy (non-hydrogen) atoms. The molecule has 1 N–H and O–H groups in total. The third-order valence-electron chi connectivity index (χ3n) is 3.41. The minimum atomic E-state index is 0.289. The minimum absolute atomic E-state index is 0.289. The van der Waals surface area contributed by atoms with E-state index in [1.165, 1.54) is 11.3 Å². The van der Waals surface area contributed by atoms with Gasteiger partial charge in [0, 0.05) is 57.0 Å². The van der Waals surface area contributed by atoms with Crippen LogP contribution >= 0.6 is 0 Å². The molecule has 0 saturated carbocycles. The number of anilines is 1. The average Bonchev–Trinajstić information content (AvgIpc) is 2.49. The highest BCUT2D eigenvalue weighted by molar-refractivity contribution is 5.53. The summed E-state index contributed by atoms with van der Waals surface area (Å²) in [6.45, 7) is 8.41. The van der Waals surface area contributed by atoms with Crippen LogP contribution in [-0.2, 0) is 16.0 Å². The highest BCUT2D eigenvalue weighted by Crippen LogP contribution is 2.21. The largest absolute Gasteiger partial charge is 0.383 e. The van der Waals surface area contributed by atoms with Crippen LogP contribution in [0.4, 0.5) is 5.69 Å². The predicted molar refractivity (Wildman–Crippen MR) is 86.8 cm³/mol. The molecule has 1 aromatic rings. The van der Waals surface area contributed by atoms with Gasteiger partial charge >= 0.3 is 0 Å². The van der Waals surface area contributed by atoms with Crippen molar-refractivity contribution in [2.75, 3.05) is 45.4 Å². The molecule has 0 bridgehead atoms. The lowest BCUT2D eigenvalue weighted by Crippen LogP contribution is -2.39. The van der Waals surface area contributed by atoms with Gasteiger partial charge in [-0.1, -0.05) is 6.92 Å². The Morgan fingerprint density at radius 1 is 1.33 bits per heavy atom. The molecule has 1 aromatic heterocycles. The molecule has 0 radical (unpaired) electrons. The lowest BCUT2D eigenvalue weighted by Gasteiger charge is -2.32. The Balaban J connectivity index is 2.88. The topological polar surface area (TPSA) is 46.6 Å². The molecule has 1 heterocycles. The van der Waals surface area contributed by atoms with Gasteiger partial charge in [0.05, 0.1) is 13.2 Å². The van der Waals surface area contributed by atoms with E-state index in [1.54, 1.807) is 14.2 Å². The van der Waals surface area contributed by atoms with Gasteiger partial charge in [-0.15, -0.1) is 0 Å². The van der Waals surface area contributed by atoms with Crippen LogP contribution in [0, 0.1) is 0 Å². The van der Waals surface area contributed by atoms with Crippen LogP contribution in [0.2, 0.25) is 0 Å². The number of rotatable bonds is 11. The van der Waals surface area contributed by atoms with Crippen molar-refractivity contribution in [2.24, 2.45) is 0 Å². The number of pyridine rings is 1. The van der Waals surface area contributed by atoms with Crippen molar-refractivity contribution >= 4 is 5.69 Å². The Labute approximate surface area is 128 Å². The normalized spacial score (nSPS) is 12.4. The van der Waals surface area contributed by atoms with Crippen LogP contribution in [0.1, 0.15) is 25.8 Å². The number of methoxy groups -OCH3 is 2. The van der Waals surface area contributed by atoms with Gasteiger partial charge in [-0.3, -0.25) is 4.98 Å². The van der Waals surface area contributed by atoms with E-state index in [0.717, 1.165) is 26.1 Å². The SMILES string of the molecule is CCCNCc1cnccc1N(CCOC)C(C)COC. The van der Waals surface area contributed by atoms with Crippen molar-refractivity contribution in [3.8, 4) is 0 Å². The van der Waals surface area contributed by atoms with Crippen LogP contribution in [0.15, 0.2) is 18.5 Å². The van der Waals surface area contributed by atoms with E-state index in [1.807, 2.05) is 12.4 Å². The summed E-state index contributed by atoms with van der Waals surface area (Å²) < 4.78 is 10.6. The fraction of sp³-hybridized carbons (Fsp3) is 0.688. The van der Waals surface area contributed by atoms with E-state index in [-0.39, 0.29) is 6.04 Å². The number of ether oxygens (including phenoxy) is 2. The zero-order chi connectivity index (χ0) is 15.5. The molecule has 5 heteroatoms. The van der Waals surface area contributed by atoms with Gasteiger partial charge in [0.15, 0.2) is 0 Å². The lowest BCUT2D eigenvalue weighted by molar-refractivity contribution is 0.171. The second-order valence-corrected chi connectivity index (χ2v) is 5.17. The molecular formula is C16H29N3O2. The molecular weight excluding hydrogens is 266 g/mol. The number of hydrogen-bond donors (Lipinski definition) is 1. The van der Waals surface area contributed by atoms with Gasteiger partial charge in [0.25, 0.3) is 0 Å². The van der Waals surface area contributed by atoms with Gasteiger partial charge < -0.3 is 19.7 Å². The summed E-state index contributed by atoms with van der Waals surface area (Å²) in [5, 5.41) is 3.44. The van der Waals surface area contributed by atoms with Crippen LogP contribution in [0.3, 0.4) is 0 Å². The zero-order valence-electron chi connectivity index (χ0n) is 13.8. The fourth-order valence-electron chi connectivity index (χ4n) is 2.34. The van der Waals surface area contributed by atoms with Crippen molar-refractivity contribution in [2.45, 2.75) is 32.9 Å². The molecule has 0 aromatic carbocycles. The van der Waals surface area contributed by atoms with Gasteiger partial charge in [0.1, 0.15) is 0 Å². The summed E-state index contributed by atoms with van der Waals surface area (Å²) in [6.07, 6.45) is 4.92. The first kappa shape index (κ1) is 17.9. The van der Waals surface area contributed by atoms with Crippen LogP contribution < -0.4 is 10.2 Å². The molecule has 120 valence electrons. The van der Waals surface area contributed by atoms with Gasteiger partial charge in [-0.2, -0.15) is 0 Å². The highest BCUT2D eigenvalue weighted by atomic mass is 16.5. The van der Waals surface area contributed by atoms with Crippen molar-refractivity contribution in [1.29, 1.82) is 0 Å². The van der Waals surface area contributed by atoms with E-state index in [4.69, 9.17) is 9.47 Å². The molecule has 0 saturated heterocycles. The van der Waals surface area contributed by atoms with Gasteiger partial charge in [-0.25, -0.2) is 0 Å². The summed E-state index contributed by atoms with van der Waals surface area (Å²) in [7, 11) is 3.47. The molecule has 0 amide bonds. The van der Waals surface area contributed by atoms with Crippen molar-refractivity contribution in [3.05, 3.63) is 24.0 Å². The molecule has 0 fully saturated rings. The maximum atomic E-state index is 5.31. The Morgan fingerprint density at radius 2 is 2.14 bits per heavy atom. The Kier molecular flexibility index (Phi) is 8.98. The Bertz CT molecular complexity index is 388. The third kappa shape index (κ3) is 5.99. The molecule has 5 nitrogen and oxygen atoms in total. The van der Waals surface area contributed by atoms with Crippen molar-refractivity contribution < 1.29 is 9.47 Å². The average molecular weight is 295 g/mol.